The molecule has 0 radical (unpaired) electrons. The van der Waals surface area contributed by atoms with Crippen LogP contribution in [0.25, 0.3) is 0 Å². The summed E-state index contributed by atoms with van der Waals surface area (Å²) in [5.41, 5.74) is 0. The smallest absolute Gasteiger partial charge is 0.381 e. The van der Waals surface area contributed by atoms with Gasteiger partial charge in [0.25, 0.3) is 0 Å². The summed E-state index contributed by atoms with van der Waals surface area (Å²) in [4.78, 5) is 0. The van der Waals surface area contributed by atoms with Crippen molar-refractivity contribution < 1.29 is 17.9 Å². The second-order valence-corrected chi connectivity index (χ2v) is 4.94. The number of nitrogens with zero attached hydrogens (tertiary/aromatic N) is 3. The maximum absolute atomic E-state index is 12.1. The van der Waals surface area contributed by atoms with Gasteiger partial charge in [-0.15, -0.1) is 10.2 Å². The van der Waals surface area contributed by atoms with Crippen molar-refractivity contribution in [3.63, 3.8) is 0 Å². The van der Waals surface area contributed by atoms with Crippen LogP contribution in [0.4, 0.5) is 13.2 Å². The fourth-order valence-electron chi connectivity index (χ4n) is 1.77. The number of rotatable bonds is 3. The van der Waals surface area contributed by atoms with Gasteiger partial charge < -0.3 is 10.6 Å². The molecule has 0 saturated carbocycles. The molecule has 1 aliphatic rings. The van der Waals surface area contributed by atoms with E-state index in [1.807, 2.05) is 0 Å². The van der Waals surface area contributed by atoms with Crippen LogP contribution in [0.5, 0.6) is 0 Å². The van der Waals surface area contributed by atoms with Crippen LogP contribution < -0.4 is 5.84 Å². The average Bonchev–Trinajstić information content (AvgIpc) is 2.68. The van der Waals surface area contributed by atoms with Crippen molar-refractivity contribution in [1.29, 1.82) is 0 Å². The predicted molar refractivity (Wildman–Crippen MR) is 59.7 cm³/mol. The minimum absolute atomic E-state index is 0.0915. The molecule has 9 heteroatoms. The maximum Gasteiger partial charge on any atom is 0.398 e. The molecule has 0 amide bonds. The first kappa shape index (κ1) is 13.5. The highest BCUT2D eigenvalue weighted by Gasteiger charge is 2.29. The fourth-order valence-corrected chi connectivity index (χ4v) is 2.39. The first-order valence-electron chi connectivity index (χ1n) is 5.45. The van der Waals surface area contributed by atoms with E-state index in [0.717, 1.165) is 17.5 Å². The van der Waals surface area contributed by atoms with E-state index < -0.39 is 11.9 Å². The fraction of sp³-hybridized carbons (Fsp3) is 0.778. The summed E-state index contributed by atoms with van der Waals surface area (Å²) in [7, 11) is 0. The average molecular weight is 282 g/mol. The van der Waals surface area contributed by atoms with Gasteiger partial charge in [0.1, 0.15) is 0 Å². The molecule has 0 aliphatic carbocycles. The van der Waals surface area contributed by atoms with E-state index >= 15 is 0 Å². The van der Waals surface area contributed by atoms with Crippen LogP contribution in [0.2, 0.25) is 0 Å². The Morgan fingerprint density at radius 3 is 2.61 bits per heavy atom. The molecule has 0 aromatic carbocycles. The third kappa shape index (κ3) is 3.29. The molecule has 5 nitrogen and oxygen atoms in total. The minimum Gasteiger partial charge on any atom is -0.381 e. The maximum atomic E-state index is 12.1. The van der Waals surface area contributed by atoms with Gasteiger partial charge in [0.05, 0.1) is 5.75 Å². The lowest BCUT2D eigenvalue weighted by molar-refractivity contribution is -0.105. The van der Waals surface area contributed by atoms with E-state index in [1.165, 1.54) is 0 Å². The molecule has 0 bridgehead atoms. The largest absolute Gasteiger partial charge is 0.398 e. The van der Waals surface area contributed by atoms with E-state index in [2.05, 4.69) is 10.2 Å². The highest BCUT2D eigenvalue weighted by atomic mass is 32.2. The number of nitrogens with two attached hydrogens (primary N) is 1. The number of hydrogen-bond acceptors (Lipinski definition) is 5. The lowest BCUT2D eigenvalue weighted by Crippen LogP contribution is -2.22. The topological polar surface area (TPSA) is 66.0 Å². The zero-order valence-electron chi connectivity index (χ0n) is 9.48. The molecule has 2 rings (SSSR count). The summed E-state index contributed by atoms with van der Waals surface area (Å²) in [5, 5.41) is 7.68. The Kier molecular flexibility index (Phi) is 4.00. The zero-order chi connectivity index (χ0) is 13.2. The number of hydrogen-bond donors (Lipinski definition) is 1. The highest BCUT2D eigenvalue weighted by molar-refractivity contribution is 7.99. The molecular weight excluding hydrogens is 269 g/mol. The summed E-state index contributed by atoms with van der Waals surface area (Å²) >= 11 is 0.547. The molecule has 1 saturated heterocycles. The highest BCUT2D eigenvalue weighted by Crippen LogP contribution is 2.29. The molecule has 1 aromatic rings. The molecule has 2 heterocycles. The number of halogens is 3. The Bertz CT molecular complexity index is 403. The van der Waals surface area contributed by atoms with Crippen LogP contribution >= 0.6 is 11.8 Å². The molecule has 0 unspecified atom stereocenters. The molecule has 0 spiro atoms. The lowest BCUT2D eigenvalue weighted by Gasteiger charge is -2.20. The predicted octanol–water partition coefficient (Wildman–Crippen LogP) is 1.54. The Morgan fingerprint density at radius 1 is 1.33 bits per heavy atom. The van der Waals surface area contributed by atoms with E-state index in [1.54, 1.807) is 0 Å². The second kappa shape index (κ2) is 5.35. The summed E-state index contributed by atoms with van der Waals surface area (Å²) in [5.74, 6) is 5.35. The Morgan fingerprint density at radius 2 is 2.00 bits per heavy atom. The van der Waals surface area contributed by atoms with E-state index in [4.69, 9.17) is 10.6 Å². The van der Waals surface area contributed by atoms with Gasteiger partial charge in [-0.05, 0) is 12.8 Å². The van der Waals surface area contributed by atoms with Gasteiger partial charge in [-0.2, -0.15) is 13.2 Å². The van der Waals surface area contributed by atoms with E-state index in [9.17, 15) is 13.2 Å². The van der Waals surface area contributed by atoms with Gasteiger partial charge in [0.15, 0.2) is 5.82 Å². The van der Waals surface area contributed by atoms with Crippen LogP contribution in [0.1, 0.15) is 24.6 Å². The van der Waals surface area contributed by atoms with Crippen molar-refractivity contribution in [2.45, 2.75) is 30.1 Å². The van der Waals surface area contributed by atoms with Crippen LogP contribution in [0.3, 0.4) is 0 Å². The molecule has 1 fully saturated rings. The number of ether oxygens (including phenoxy) is 1. The van der Waals surface area contributed by atoms with Gasteiger partial charge >= 0.3 is 6.18 Å². The standard InChI is InChI=1S/C9H13F3N4OS/c10-9(11,12)5-18-8-15-14-7(16(8)13)6-1-3-17-4-2-6/h6H,1-5,13H2. The van der Waals surface area contributed by atoms with Crippen LogP contribution in [0.15, 0.2) is 5.16 Å². The first-order valence-corrected chi connectivity index (χ1v) is 6.43. The third-order valence-corrected chi connectivity index (χ3v) is 3.65. The third-order valence-electron chi connectivity index (χ3n) is 2.64. The van der Waals surface area contributed by atoms with Crippen molar-refractivity contribution in [3.05, 3.63) is 5.82 Å². The SMILES string of the molecule is Nn1c(SCC(F)(F)F)nnc1C1CCOCC1. The van der Waals surface area contributed by atoms with Crippen molar-refractivity contribution in [1.82, 2.24) is 14.9 Å². The molecular formula is C9H13F3N4OS. The normalized spacial score (nSPS) is 18.2. The van der Waals surface area contributed by atoms with Crippen molar-refractivity contribution in [3.8, 4) is 0 Å². The zero-order valence-corrected chi connectivity index (χ0v) is 10.3. The molecule has 102 valence electrons. The van der Waals surface area contributed by atoms with Crippen LogP contribution in [0, 0.1) is 0 Å². The van der Waals surface area contributed by atoms with Gasteiger partial charge in [-0.3, -0.25) is 0 Å². The summed E-state index contributed by atoms with van der Waals surface area (Å²) in [6, 6.07) is 0. The summed E-state index contributed by atoms with van der Waals surface area (Å²) in [6.45, 7) is 1.23. The van der Waals surface area contributed by atoms with Gasteiger partial charge in [0.2, 0.25) is 5.16 Å². The number of alkyl halides is 3. The van der Waals surface area contributed by atoms with Gasteiger partial charge in [-0.25, -0.2) is 4.68 Å². The van der Waals surface area contributed by atoms with E-state index in [-0.39, 0.29) is 11.1 Å². The Labute approximate surface area is 106 Å². The van der Waals surface area contributed by atoms with Gasteiger partial charge in [-0.1, -0.05) is 11.8 Å². The monoisotopic (exact) mass is 282 g/mol. The molecule has 1 aromatic heterocycles. The Balaban J connectivity index is 2.03. The van der Waals surface area contributed by atoms with Gasteiger partial charge in [0, 0.05) is 19.1 Å². The minimum atomic E-state index is -4.24. The number of nitrogen functional groups attached to an aromatic ring is 1. The molecule has 2 N–H and O–H groups in total. The van der Waals surface area contributed by atoms with Crippen LogP contribution in [-0.2, 0) is 4.74 Å². The second-order valence-electron chi connectivity index (χ2n) is 4.00. The molecule has 18 heavy (non-hydrogen) atoms. The van der Waals surface area contributed by atoms with Crippen LogP contribution in [-0.4, -0.2) is 40.0 Å². The lowest BCUT2D eigenvalue weighted by atomic mass is 10.00. The summed E-state index contributed by atoms with van der Waals surface area (Å²) < 4.78 is 42.7. The van der Waals surface area contributed by atoms with Crippen molar-refractivity contribution in [2.24, 2.45) is 0 Å². The molecule has 0 atom stereocenters. The first-order chi connectivity index (χ1) is 8.47. The van der Waals surface area contributed by atoms with Crippen molar-refractivity contribution >= 4 is 11.8 Å². The molecule has 1 aliphatic heterocycles. The summed E-state index contributed by atoms with van der Waals surface area (Å²) in [6.07, 6.45) is -2.71. The number of aromatic nitrogens is 3. The quantitative estimate of drug-likeness (QED) is 0.673. The Hall–Kier alpha value is -0.960. The van der Waals surface area contributed by atoms with Crippen molar-refractivity contribution in [2.75, 3.05) is 24.8 Å². The number of thioether (sulfide) groups is 1. The van der Waals surface area contributed by atoms with E-state index in [0.29, 0.717) is 30.8 Å².